The summed E-state index contributed by atoms with van der Waals surface area (Å²) >= 11 is 5.93. The molecule has 1 atom stereocenters. The Kier molecular flexibility index (Phi) is 5.10. The molecular weight excluding hydrogens is 224 g/mol. The molecule has 0 aliphatic carbocycles. The van der Waals surface area contributed by atoms with Crippen molar-refractivity contribution in [2.45, 2.75) is 32.8 Å². The van der Waals surface area contributed by atoms with Gasteiger partial charge >= 0.3 is 0 Å². The highest BCUT2D eigenvalue weighted by molar-refractivity contribution is 6.30. The first-order chi connectivity index (χ1) is 7.52. The van der Waals surface area contributed by atoms with E-state index in [1.54, 1.807) is 13.2 Å². The van der Waals surface area contributed by atoms with Crippen molar-refractivity contribution in [3.8, 4) is 5.75 Å². The van der Waals surface area contributed by atoms with Gasteiger partial charge in [-0.2, -0.15) is 0 Å². The van der Waals surface area contributed by atoms with Crippen LogP contribution in [0.25, 0.3) is 0 Å². The molecule has 90 valence electrons. The second-order valence-electron chi connectivity index (χ2n) is 4.44. The zero-order valence-electron chi connectivity index (χ0n) is 10.0. The van der Waals surface area contributed by atoms with Crippen LogP contribution in [0.3, 0.4) is 0 Å². The summed E-state index contributed by atoms with van der Waals surface area (Å²) in [5.41, 5.74) is 0.961. The van der Waals surface area contributed by atoms with Crippen LogP contribution in [-0.4, -0.2) is 18.3 Å². The maximum absolute atomic E-state index is 9.89. The van der Waals surface area contributed by atoms with Crippen LogP contribution in [0.2, 0.25) is 5.02 Å². The molecule has 0 saturated heterocycles. The molecule has 0 aliphatic heterocycles. The minimum absolute atomic E-state index is 0.340. The van der Waals surface area contributed by atoms with E-state index in [4.69, 9.17) is 16.3 Å². The van der Waals surface area contributed by atoms with E-state index in [-0.39, 0.29) is 6.10 Å². The number of methoxy groups -OCH3 is 1. The number of ether oxygens (including phenoxy) is 1. The molecule has 0 spiro atoms. The van der Waals surface area contributed by atoms with Crippen molar-refractivity contribution >= 4 is 11.6 Å². The first-order valence-corrected chi connectivity index (χ1v) is 5.91. The molecule has 0 bridgehead atoms. The fraction of sp³-hybridized carbons (Fsp3) is 0.538. The molecule has 0 saturated carbocycles. The van der Waals surface area contributed by atoms with Gasteiger partial charge in [0.2, 0.25) is 0 Å². The van der Waals surface area contributed by atoms with Gasteiger partial charge in [-0.05, 0) is 36.1 Å². The summed E-state index contributed by atoms with van der Waals surface area (Å²) in [7, 11) is 1.63. The van der Waals surface area contributed by atoms with Crippen LogP contribution in [0.4, 0.5) is 0 Å². The minimum atomic E-state index is -0.340. The molecular formula is C13H19ClO2. The summed E-state index contributed by atoms with van der Waals surface area (Å²) in [4.78, 5) is 0. The Morgan fingerprint density at radius 2 is 2.06 bits per heavy atom. The minimum Gasteiger partial charge on any atom is -0.496 e. The van der Waals surface area contributed by atoms with Gasteiger partial charge in [0.1, 0.15) is 5.75 Å². The van der Waals surface area contributed by atoms with Crippen LogP contribution in [0.15, 0.2) is 18.2 Å². The third-order valence-corrected chi connectivity index (χ3v) is 2.68. The van der Waals surface area contributed by atoms with Gasteiger partial charge < -0.3 is 9.84 Å². The number of hydrogen-bond acceptors (Lipinski definition) is 2. The van der Waals surface area contributed by atoms with Crippen molar-refractivity contribution in [1.29, 1.82) is 0 Å². The maximum Gasteiger partial charge on any atom is 0.122 e. The Morgan fingerprint density at radius 1 is 1.38 bits per heavy atom. The zero-order chi connectivity index (χ0) is 12.1. The fourth-order valence-electron chi connectivity index (χ4n) is 1.79. The zero-order valence-corrected chi connectivity index (χ0v) is 10.8. The number of aliphatic hydroxyl groups is 1. The van der Waals surface area contributed by atoms with Crippen LogP contribution in [-0.2, 0) is 6.42 Å². The smallest absolute Gasteiger partial charge is 0.122 e. The third-order valence-electron chi connectivity index (χ3n) is 2.44. The number of hydrogen-bond donors (Lipinski definition) is 1. The first-order valence-electron chi connectivity index (χ1n) is 5.53. The molecule has 0 amide bonds. The van der Waals surface area contributed by atoms with Crippen LogP contribution in [0, 0.1) is 5.92 Å². The molecule has 0 aliphatic rings. The maximum atomic E-state index is 9.89. The van der Waals surface area contributed by atoms with Crippen molar-refractivity contribution < 1.29 is 9.84 Å². The van der Waals surface area contributed by atoms with Gasteiger partial charge in [0, 0.05) is 11.4 Å². The fourth-order valence-corrected chi connectivity index (χ4v) is 1.98. The van der Waals surface area contributed by atoms with Gasteiger partial charge in [0.15, 0.2) is 0 Å². The molecule has 16 heavy (non-hydrogen) atoms. The molecule has 1 aromatic rings. The summed E-state index contributed by atoms with van der Waals surface area (Å²) in [6, 6.07) is 5.47. The van der Waals surface area contributed by atoms with E-state index in [9.17, 15) is 5.11 Å². The Bertz CT molecular complexity index is 337. The van der Waals surface area contributed by atoms with Gasteiger partial charge in [0.25, 0.3) is 0 Å². The van der Waals surface area contributed by atoms with E-state index < -0.39 is 0 Å². The topological polar surface area (TPSA) is 29.5 Å². The van der Waals surface area contributed by atoms with E-state index in [1.807, 2.05) is 12.1 Å². The van der Waals surface area contributed by atoms with Crippen molar-refractivity contribution in [3.63, 3.8) is 0 Å². The van der Waals surface area contributed by atoms with Gasteiger partial charge in [0.05, 0.1) is 13.2 Å². The molecule has 0 heterocycles. The van der Waals surface area contributed by atoms with Crippen LogP contribution >= 0.6 is 11.6 Å². The number of aliphatic hydroxyl groups excluding tert-OH is 1. The largest absolute Gasteiger partial charge is 0.496 e. The van der Waals surface area contributed by atoms with Gasteiger partial charge in [-0.15, -0.1) is 0 Å². The molecule has 1 rings (SSSR count). The molecule has 0 aromatic heterocycles. The predicted molar refractivity (Wildman–Crippen MR) is 67.2 cm³/mol. The number of benzene rings is 1. The van der Waals surface area contributed by atoms with E-state index in [0.717, 1.165) is 17.7 Å². The Labute approximate surface area is 102 Å². The van der Waals surface area contributed by atoms with Crippen molar-refractivity contribution in [3.05, 3.63) is 28.8 Å². The predicted octanol–water partition coefficient (Wildman–Crippen LogP) is 3.30. The molecule has 0 radical (unpaired) electrons. The quantitative estimate of drug-likeness (QED) is 0.859. The monoisotopic (exact) mass is 242 g/mol. The molecule has 0 fully saturated rings. The van der Waals surface area contributed by atoms with E-state index >= 15 is 0 Å². The SMILES string of the molecule is COc1ccc(Cl)cc1CC(O)CC(C)C. The molecule has 1 aromatic carbocycles. The van der Waals surface area contributed by atoms with Gasteiger partial charge in [-0.25, -0.2) is 0 Å². The van der Waals surface area contributed by atoms with Gasteiger partial charge in [-0.3, -0.25) is 0 Å². The summed E-state index contributed by atoms with van der Waals surface area (Å²) in [6.45, 7) is 4.19. The molecule has 1 unspecified atom stereocenters. The average molecular weight is 243 g/mol. The lowest BCUT2D eigenvalue weighted by Gasteiger charge is -2.15. The van der Waals surface area contributed by atoms with Crippen LogP contribution < -0.4 is 4.74 Å². The first kappa shape index (κ1) is 13.3. The van der Waals surface area contributed by atoms with Crippen molar-refractivity contribution in [2.75, 3.05) is 7.11 Å². The lowest BCUT2D eigenvalue weighted by Crippen LogP contribution is -2.13. The average Bonchev–Trinajstić information content (AvgIpc) is 2.16. The lowest BCUT2D eigenvalue weighted by atomic mass is 9.99. The highest BCUT2D eigenvalue weighted by Crippen LogP contribution is 2.24. The van der Waals surface area contributed by atoms with Crippen LogP contribution in [0.5, 0.6) is 5.75 Å². The highest BCUT2D eigenvalue weighted by atomic mass is 35.5. The number of halogens is 1. The van der Waals surface area contributed by atoms with E-state index in [1.165, 1.54) is 0 Å². The van der Waals surface area contributed by atoms with Crippen molar-refractivity contribution in [1.82, 2.24) is 0 Å². The van der Waals surface area contributed by atoms with E-state index in [2.05, 4.69) is 13.8 Å². The lowest BCUT2D eigenvalue weighted by molar-refractivity contribution is 0.148. The summed E-state index contributed by atoms with van der Waals surface area (Å²) in [5, 5.41) is 10.6. The molecule has 2 nitrogen and oxygen atoms in total. The summed E-state index contributed by atoms with van der Waals surface area (Å²) in [5.74, 6) is 1.27. The van der Waals surface area contributed by atoms with Crippen LogP contribution in [0.1, 0.15) is 25.8 Å². The van der Waals surface area contributed by atoms with E-state index in [0.29, 0.717) is 17.4 Å². The van der Waals surface area contributed by atoms with Crippen molar-refractivity contribution in [2.24, 2.45) is 5.92 Å². The Hall–Kier alpha value is -0.730. The summed E-state index contributed by atoms with van der Waals surface area (Å²) < 4.78 is 5.24. The molecule has 3 heteroatoms. The second kappa shape index (κ2) is 6.12. The normalized spacial score (nSPS) is 12.9. The molecule has 1 N–H and O–H groups in total. The highest BCUT2D eigenvalue weighted by Gasteiger charge is 2.11. The second-order valence-corrected chi connectivity index (χ2v) is 4.88. The third kappa shape index (κ3) is 4.03. The number of rotatable bonds is 5. The Morgan fingerprint density at radius 3 is 2.62 bits per heavy atom. The Balaban J connectivity index is 2.74. The standard InChI is InChI=1S/C13H19ClO2/c1-9(2)6-12(15)8-10-7-11(14)4-5-13(10)16-3/h4-5,7,9,12,15H,6,8H2,1-3H3. The summed E-state index contributed by atoms with van der Waals surface area (Å²) in [6.07, 6.45) is 1.03. The van der Waals surface area contributed by atoms with Gasteiger partial charge in [-0.1, -0.05) is 25.4 Å².